The van der Waals surface area contributed by atoms with Crippen LogP contribution in [0.25, 0.3) is 22.2 Å². The smallest absolute Gasteiger partial charge is 0.354 e. The summed E-state index contributed by atoms with van der Waals surface area (Å²) in [5.41, 5.74) is 3.60. The molecule has 1 aromatic carbocycles. The molecule has 0 spiro atoms. The number of amides is 3. The Labute approximate surface area is 182 Å². The van der Waals surface area contributed by atoms with Gasteiger partial charge in [-0.3, -0.25) is 24.7 Å². The summed E-state index contributed by atoms with van der Waals surface area (Å²) in [5, 5.41) is 3.11. The maximum Gasteiger partial charge on any atom is 0.354 e. The van der Waals surface area contributed by atoms with E-state index in [9.17, 15) is 19.2 Å². The molecule has 162 valence electrons. The van der Waals surface area contributed by atoms with E-state index in [1.807, 2.05) is 6.07 Å². The fourth-order valence-corrected chi connectivity index (χ4v) is 4.39. The Morgan fingerprint density at radius 3 is 2.81 bits per heavy atom. The van der Waals surface area contributed by atoms with Crippen LogP contribution in [0, 0.1) is 0 Å². The third-order valence-corrected chi connectivity index (χ3v) is 5.88. The van der Waals surface area contributed by atoms with Crippen molar-refractivity contribution in [1.29, 1.82) is 0 Å². The van der Waals surface area contributed by atoms with Crippen molar-refractivity contribution in [2.75, 3.05) is 6.61 Å². The van der Waals surface area contributed by atoms with Crippen molar-refractivity contribution in [3.8, 4) is 11.3 Å². The predicted octanol–water partition coefficient (Wildman–Crippen LogP) is 2.17. The van der Waals surface area contributed by atoms with Gasteiger partial charge in [0.05, 0.1) is 17.8 Å². The summed E-state index contributed by atoms with van der Waals surface area (Å²) in [6.45, 7) is 2.25. The molecule has 9 nitrogen and oxygen atoms in total. The lowest BCUT2D eigenvalue weighted by Gasteiger charge is -2.29. The van der Waals surface area contributed by atoms with Gasteiger partial charge in [0, 0.05) is 35.7 Å². The minimum atomic E-state index is -0.690. The van der Waals surface area contributed by atoms with Crippen LogP contribution in [0.15, 0.2) is 36.5 Å². The highest BCUT2D eigenvalue weighted by atomic mass is 16.5. The molecule has 0 bridgehead atoms. The maximum atomic E-state index is 13.1. The molecule has 1 unspecified atom stereocenters. The zero-order valence-corrected chi connectivity index (χ0v) is 17.3. The van der Waals surface area contributed by atoms with Gasteiger partial charge in [-0.2, -0.15) is 0 Å². The number of fused-ring (bicyclic) bond motifs is 2. The normalized spacial score (nSPS) is 18.1. The largest absolute Gasteiger partial charge is 0.461 e. The van der Waals surface area contributed by atoms with Gasteiger partial charge in [-0.1, -0.05) is 12.1 Å². The molecular formula is C23H20N4O5. The van der Waals surface area contributed by atoms with Crippen LogP contribution in [0.3, 0.4) is 0 Å². The number of aromatic amines is 1. The van der Waals surface area contributed by atoms with Crippen molar-refractivity contribution in [2.24, 2.45) is 0 Å². The van der Waals surface area contributed by atoms with Crippen molar-refractivity contribution in [2.45, 2.75) is 32.4 Å². The van der Waals surface area contributed by atoms with Crippen molar-refractivity contribution in [3.05, 3.63) is 53.3 Å². The number of piperidine rings is 1. The molecule has 5 rings (SSSR count). The number of nitrogens with zero attached hydrogens (tertiary/aromatic N) is 2. The Hall–Kier alpha value is -4.01. The maximum absolute atomic E-state index is 13.1. The molecule has 1 fully saturated rings. The number of carbonyl (C=O) groups excluding carboxylic acids is 4. The van der Waals surface area contributed by atoms with Crippen LogP contribution in [0.5, 0.6) is 0 Å². The van der Waals surface area contributed by atoms with E-state index in [-0.39, 0.29) is 31.4 Å². The number of hydrogen-bond donors (Lipinski definition) is 2. The van der Waals surface area contributed by atoms with Crippen LogP contribution in [0.4, 0.5) is 0 Å². The first-order valence-electron chi connectivity index (χ1n) is 10.4. The lowest BCUT2D eigenvalue weighted by Crippen LogP contribution is -2.52. The summed E-state index contributed by atoms with van der Waals surface area (Å²) in [5.74, 6) is -1.47. The fraction of sp³-hybridized carbons (Fsp3) is 0.261. The SMILES string of the molecule is CCOC(=O)c1cc2ccnc(-c3cccc4c3CN(C3CCC(=O)NC3=O)C4=O)c2[nH]1. The number of carbonyl (C=O) groups is 4. The summed E-state index contributed by atoms with van der Waals surface area (Å²) in [4.78, 5) is 58.3. The Morgan fingerprint density at radius 1 is 1.22 bits per heavy atom. The molecule has 0 radical (unpaired) electrons. The van der Waals surface area contributed by atoms with Crippen LogP contribution in [0.1, 0.15) is 46.2 Å². The molecule has 1 atom stereocenters. The zero-order valence-electron chi connectivity index (χ0n) is 17.3. The number of esters is 1. The molecule has 2 N–H and O–H groups in total. The molecule has 3 aromatic rings. The van der Waals surface area contributed by atoms with E-state index in [1.165, 1.54) is 4.90 Å². The first-order chi connectivity index (χ1) is 15.5. The quantitative estimate of drug-likeness (QED) is 0.481. The number of H-pyrrole nitrogens is 1. The molecule has 0 aliphatic carbocycles. The molecule has 4 heterocycles. The second kappa shape index (κ2) is 7.60. The Kier molecular flexibility index (Phi) is 4.73. The summed E-state index contributed by atoms with van der Waals surface area (Å²) in [6.07, 6.45) is 2.14. The Bertz CT molecular complexity index is 1290. The highest BCUT2D eigenvalue weighted by Gasteiger charge is 2.40. The standard InChI is InChI=1S/C23H20N4O5/c1-2-32-23(31)16-10-12-8-9-24-20(19(12)25-16)13-4-3-5-14-15(13)11-27(22(14)30)17-6-7-18(28)26-21(17)29/h3-5,8-10,17,25H,2,6-7,11H2,1H3,(H,26,28,29). The molecule has 1 saturated heterocycles. The van der Waals surface area contributed by atoms with Crippen molar-refractivity contribution >= 4 is 34.6 Å². The van der Waals surface area contributed by atoms with Gasteiger partial charge in [0.25, 0.3) is 5.91 Å². The number of imide groups is 1. The van der Waals surface area contributed by atoms with E-state index in [1.54, 1.807) is 37.4 Å². The number of aromatic nitrogens is 2. The number of pyridine rings is 1. The summed E-state index contributed by atoms with van der Waals surface area (Å²) >= 11 is 0. The van der Waals surface area contributed by atoms with Gasteiger partial charge in [-0.15, -0.1) is 0 Å². The highest BCUT2D eigenvalue weighted by Crippen LogP contribution is 2.36. The molecule has 2 aromatic heterocycles. The lowest BCUT2D eigenvalue weighted by atomic mass is 9.99. The monoisotopic (exact) mass is 432 g/mol. The van der Waals surface area contributed by atoms with Crippen LogP contribution in [-0.4, -0.2) is 51.2 Å². The number of benzene rings is 1. The van der Waals surface area contributed by atoms with Gasteiger partial charge >= 0.3 is 5.97 Å². The van der Waals surface area contributed by atoms with E-state index in [0.717, 1.165) is 16.5 Å². The average molecular weight is 432 g/mol. The first-order valence-corrected chi connectivity index (χ1v) is 10.4. The molecule has 2 aliphatic heterocycles. The minimum Gasteiger partial charge on any atom is -0.461 e. The highest BCUT2D eigenvalue weighted by molar-refractivity contribution is 6.07. The molecular weight excluding hydrogens is 412 g/mol. The van der Waals surface area contributed by atoms with Crippen molar-refractivity contribution in [3.63, 3.8) is 0 Å². The van der Waals surface area contributed by atoms with E-state index < -0.39 is 17.9 Å². The van der Waals surface area contributed by atoms with Crippen LogP contribution in [0.2, 0.25) is 0 Å². The van der Waals surface area contributed by atoms with Gasteiger partial charge in [0.2, 0.25) is 11.8 Å². The van der Waals surface area contributed by atoms with Crippen LogP contribution >= 0.6 is 0 Å². The zero-order chi connectivity index (χ0) is 22.4. The predicted molar refractivity (Wildman–Crippen MR) is 114 cm³/mol. The van der Waals surface area contributed by atoms with E-state index in [2.05, 4.69) is 15.3 Å². The van der Waals surface area contributed by atoms with Crippen molar-refractivity contribution in [1.82, 2.24) is 20.2 Å². The van der Waals surface area contributed by atoms with Gasteiger partial charge < -0.3 is 14.6 Å². The lowest BCUT2D eigenvalue weighted by molar-refractivity contribution is -0.136. The summed E-state index contributed by atoms with van der Waals surface area (Å²) in [7, 11) is 0. The number of ether oxygens (including phenoxy) is 1. The van der Waals surface area contributed by atoms with Gasteiger partial charge in [0.15, 0.2) is 0 Å². The summed E-state index contributed by atoms with van der Waals surface area (Å²) in [6, 6.07) is 8.18. The van der Waals surface area contributed by atoms with E-state index in [0.29, 0.717) is 28.9 Å². The summed E-state index contributed by atoms with van der Waals surface area (Å²) < 4.78 is 5.09. The van der Waals surface area contributed by atoms with Gasteiger partial charge in [-0.05, 0) is 37.1 Å². The number of rotatable bonds is 4. The fourth-order valence-electron chi connectivity index (χ4n) is 4.39. The van der Waals surface area contributed by atoms with Crippen LogP contribution < -0.4 is 5.32 Å². The van der Waals surface area contributed by atoms with Crippen molar-refractivity contribution < 1.29 is 23.9 Å². The van der Waals surface area contributed by atoms with Gasteiger partial charge in [0.1, 0.15) is 11.7 Å². The van der Waals surface area contributed by atoms with Gasteiger partial charge in [-0.25, -0.2) is 4.79 Å². The average Bonchev–Trinajstić information content (AvgIpc) is 3.36. The number of nitrogens with one attached hydrogen (secondary N) is 2. The molecule has 2 aliphatic rings. The van der Waals surface area contributed by atoms with Crippen LogP contribution in [-0.2, 0) is 20.9 Å². The second-order valence-electron chi connectivity index (χ2n) is 7.76. The van der Waals surface area contributed by atoms with E-state index in [4.69, 9.17) is 4.74 Å². The molecule has 3 amide bonds. The number of hydrogen-bond acceptors (Lipinski definition) is 6. The second-order valence-corrected chi connectivity index (χ2v) is 7.76. The molecule has 9 heteroatoms. The topological polar surface area (TPSA) is 121 Å². The first kappa shape index (κ1) is 19.9. The Balaban J connectivity index is 1.55. The molecule has 32 heavy (non-hydrogen) atoms. The minimum absolute atomic E-state index is 0.198. The third-order valence-electron chi connectivity index (χ3n) is 5.88. The third kappa shape index (κ3) is 3.13. The Morgan fingerprint density at radius 2 is 2.03 bits per heavy atom. The van der Waals surface area contributed by atoms with E-state index >= 15 is 0 Å². The molecule has 0 saturated carbocycles.